The maximum absolute atomic E-state index is 12.3. The predicted molar refractivity (Wildman–Crippen MR) is 64.5 cm³/mol. The van der Waals surface area contributed by atoms with Crippen LogP contribution in [0.3, 0.4) is 0 Å². The average Bonchev–Trinajstić information content (AvgIpc) is 2.35. The molecule has 6 heteroatoms. The largest absolute Gasteiger partial charge is 0.416 e. The molecule has 0 aliphatic heterocycles. The van der Waals surface area contributed by atoms with Crippen LogP contribution in [-0.4, -0.2) is 23.7 Å². The standard InChI is InChI=1S/C13H16F3NO2/c1-2-11(18)8-17-12(19)7-9-3-5-10(6-4-9)13(14,15)16/h3-6,11,18H,2,7-8H2,1H3,(H,17,19). The molecule has 0 aliphatic carbocycles. The molecule has 19 heavy (non-hydrogen) atoms. The number of aliphatic hydroxyl groups excluding tert-OH is 1. The molecule has 1 unspecified atom stereocenters. The summed E-state index contributed by atoms with van der Waals surface area (Å²) < 4.78 is 37.0. The third-order valence-electron chi connectivity index (χ3n) is 2.65. The van der Waals surface area contributed by atoms with Crippen molar-refractivity contribution >= 4 is 5.91 Å². The quantitative estimate of drug-likeness (QED) is 0.865. The van der Waals surface area contributed by atoms with Gasteiger partial charge in [-0.2, -0.15) is 13.2 Å². The number of nitrogens with one attached hydrogen (secondary N) is 1. The van der Waals surface area contributed by atoms with Gasteiger partial charge in [0.2, 0.25) is 5.91 Å². The number of hydrogen-bond donors (Lipinski definition) is 2. The van der Waals surface area contributed by atoms with Gasteiger partial charge in [0, 0.05) is 6.54 Å². The lowest BCUT2D eigenvalue weighted by atomic mass is 10.1. The Bertz CT molecular complexity index is 415. The van der Waals surface area contributed by atoms with Crippen LogP contribution in [0, 0.1) is 0 Å². The molecule has 0 saturated heterocycles. The zero-order valence-corrected chi connectivity index (χ0v) is 10.5. The fourth-order valence-corrected chi connectivity index (χ4v) is 1.44. The minimum atomic E-state index is -4.37. The van der Waals surface area contributed by atoms with Gasteiger partial charge < -0.3 is 10.4 Å². The maximum Gasteiger partial charge on any atom is 0.416 e. The number of carbonyl (C=O) groups excluding carboxylic acids is 1. The number of hydrogen-bond acceptors (Lipinski definition) is 2. The first-order valence-corrected chi connectivity index (χ1v) is 5.93. The van der Waals surface area contributed by atoms with E-state index in [1.807, 2.05) is 0 Å². The van der Waals surface area contributed by atoms with Gasteiger partial charge in [0.25, 0.3) is 0 Å². The summed E-state index contributed by atoms with van der Waals surface area (Å²) in [5, 5.41) is 11.8. The van der Waals surface area contributed by atoms with Gasteiger partial charge in [0.15, 0.2) is 0 Å². The van der Waals surface area contributed by atoms with Crippen molar-refractivity contribution in [1.29, 1.82) is 0 Å². The molecule has 0 bridgehead atoms. The summed E-state index contributed by atoms with van der Waals surface area (Å²) >= 11 is 0. The van der Waals surface area contributed by atoms with Crippen molar-refractivity contribution in [2.75, 3.05) is 6.54 Å². The molecule has 0 spiro atoms. The topological polar surface area (TPSA) is 49.3 Å². The highest BCUT2D eigenvalue weighted by molar-refractivity contribution is 5.78. The van der Waals surface area contributed by atoms with Crippen molar-refractivity contribution in [2.45, 2.75) is 32.0 Å². The van der Waals surface area contributed by atoms with E-state index in [1.54, 1.807) is 6.92 Å². The molecule has 2 N–H and O–H groups in total. The first-order chi connectivity index (χ1) is 8.82. The maximum atomic E-state index is 12.3. The zero-order chi connectivity index (χ0) is 14.5. The third kappa shape index (κ3) is 5.30. The van der Waals surface area contributed by atoms with Crippen LogP contribution in [0.4, 0.5) is 13.2 Å². The number of carbonyl (C=O) groups is 1. The lowest BCUT2D eigenvalue weighted by molar-refractivity contribution is -0.137. The first kappa shape index (κ1) is 15.5. The van der Waals surface area contributed by atoms with Crippen molar-refractivity contribution in [3.63, 3.8) is 0 Å². The summed E-state index contributed by atoms with van der Waals surface area (Å²) in [6.07, 6.45) is -4.45. The fraction of sp³-hybridized carbons (Fsp3) is 0.462. The SMILES string of the molecule is CCC(O)CNC(=O)Cc1ccc(C(F)(F)F)cc1. The summed E-state index contributed by atoms with van der Waals surface area (Å²) in [6.45, 7) is 1.93. The number of benzene rings is 1. The van der Waals surface area contributed by atoms with Crippen molar-refractivity contribution in [3.8, 4) is 0 Å². The van der Waals surface area contributed by atoms with Gasteiger partial charge in [0.05, 0.1) is 18.1 Å². The van der Waals surface area contributed by atoms with Crippen LogP contribution in [0.25, 0.3) is 0 Å². The van der Waals surface area contributed by atoms with E-state index in [-0.39, 0.29) is 18.9 Å². The molecule has 0 aromatic heterocycles. The smallest absolute Gasteiger partial charge is 0.391 e. The minimum absolute atomic E-state index is 0.00539. The molecule has 0 saturated carbocycles. The fourth-order valence-electron chi connectivity index (χ4n) is 1.44. The lowest BCUT2D eigenvalue weighted by Gasteiger charge is -2.10. The second kappa shape index (κ2) is 6.56. The highest BCUT2D eigenvalue weighted by Gasteiger charge is 2.29. The van der Waals surface area contributed by atoms with Gasteiger partial charge in [-0.05, 0) is 24.1 Å². The lowest BCUT2D eigenvalue weighted by Crippen LogP contribution is -2.32. The van der Waals surface area contributed by atoms with Crippen LogP contribution < -0.4 is 5.32 Å². The minimum Gasteiger partial charge on any atom is -0.391 e. The van der Waals surface area contributed by atoms with Crippen LogP contribution in [0.5, 0.6) is 0 Å². The Balaban J connectivity index is 2.51. The first-order valence-electron chi connectivity index (χ1n) is 5.93. The Morgan fingerprint density at radius 3 is 2.37 bits per heavy atom. The second-order valence-corrected chi connectivity index (χ2v) is 4.24. The molecule has 1 rings (SSSR count). The van der Waals surface area contributed by atoms with Crippen LogP contribution in [-0.2, 0) is 17.4 Å². The third-order valence-corrected chi connectivity index (χ3v) is 2.65. The van der Waals surface area contributed by atoms with Crippen molar-refractivity contribution in [3.05, 3.63) is 35.4 Å². The summed E-state index contributed by atoms with van der Waals surface area (Å²) in [6, 6.07) is 4.45. The van der Waals surface area contributed by atoms with Crippen molar-refractivity contribution < 1.29 is 23.1 Å². The van der Waals surface area contributed by atoms with E-state index in [1.165, 1.54) is 12.1 Å². The summed E-state index contributed by atoms with van der Waals surface area (Å²) in [5.41, 5.74) is -0.241. The molecule has 1 amide bonds. The zero-order valence-electron chi connectivity index (χ0n) is 10.5. The molecule has 1 aromatic carbocycles. The molecule has 0 heterocycles. The van der Waals surface area contributed by atoms with E-state index in [0.29, 0.717) is 12.0 Å². The van der Waals surface area contributed by atoms with Crippen LogP contribution >= 0.6 is 0 Å². The molecular formula is C13H16F3NO2. The van der Waals surface area contributed by atoms with Gasteiger partial charge in [-0.25, -0.2) is 0 Å². The highest BCUT2D eigenvalue weighted by Crippen LogP contribution is 2.29. The Morgan fingerprint density at radius 1 is 1.32 bits per heavy atom. The number of amides is 1. The van der Waals surface area contributed by atoms with E-state index in [2.05, 4.69) is 5.32 Å². The molecule has 106 valence electrons. The summed E-state index contributed by atoms with van der Waals surface area (Å²) in [5.74, 6) is -0.327. The molecular weight excluding hydrogens is 259 g/mol. The monoisotopic (exact) mass is 275 g/mol. The molecule has 0 radical (unpaired) electrons. The normalized spacial score (nSPS) is 13.1. The summed E-state index contributed by atoms with van der Waals surface area (Å²) in [4.78, 5) is 11.5. The Hall–Kier alpha value is -1.56. The van der Waals surface area contributed by atoms with Crippen LogP contribution in [0.2, 0.25) is 0 Å². The van der Waals surface area contributed by atoms with E-state index < -0.39 is 17.8 Å². The molecule has 1 atom stereocenters. The van der Waals surface area contributed by atoms with E-state index in [4.69, 9.17) is 0 Å². The van der Waals surface area contributed by atoms with Crippen molar-refractivity contribution in [1.82, 2.24) is 5.32 Å². The van der Waals surface area contributed by atoms with Gasteiger partial charge in [-0.3, -0.25) is 4.79 Å². The predicted octanol–water partition coefficient (Wildman–Crippen LogP) is 2.13. The van der Waals surface area contributed by atoms with Crippen LogP contribution in [0.15, 0.2) is 24.3 Å². The van der Waals surface area contributed by atoms with Gasteiger partial charge in [-0.15, -0.1) is 0 Å². The van der Waals surface area contributed by atoms with Gasteiger partial charge in [0.1, 0.15) is 0 Å². The molecule has 3 nitrogen and oxygen atoms in total. The van der Waals surface area contributed by atoms with E-state index in [9.17, 15) is 23.1 Å². The molecule has 1 aromatic rings. The van der Waals surface area contributed by atoms with Gasteiger partial charge in [-0.1, -0.05) is 19.1 Å². The van der Waals surface area contributed by atoms with Crippen molar-refractivity contribution in [2.24, 2.45) is 0 Å². The average molecular weight is 275 g/mol. The van der Waals surface area contributed by atoms with E-state index >= 15 is 0 Å². The van der Waals surface area contributed by atoms with Gasteiger partial charge >= 0.3 is 6.18 Å². The Labute approximate surface area is 109 Å². The number of alkyl halides is 3. The second-order valence-electron chi connectivity index (χ2n) is 4.24. The number of rotatable bonds is 5. The Kier molecular flexibility index (Phi) is 5.35. The van der Waals surface area contributed by atoms with E-state index in [0.717, 1.165) is 12.1 Å². The van der Waals surface area contributed by atoms with Crippen LogP contribution in [0.1, 0.15) is 24.5 Å². The molecule has 0 aliphatic rings. The Morgan fingerprint density at radius 2 is 1.89 bits per heavy atom. The number of aliphatic hydroxyl groups is 1. The number of halogens is 3. The molecule has 0 fully saturated rings. The highest BCUT2D eigenvalue weighted by atomic mass is 19.4. The summed E-state index contributed by atoms with van der Waals surface area (Å²) in [7, 11) is 0.